The summed E-state index contributed by atoms with van der Waals surface area (Å²) in [5, 5.41) is 6.88. The van der Waals surface area contributed by atoms with Crippen LogP contribution in [0.2, 0.25) is 0 Å². The first kappa shape index (κ1) is 22.3. The first-order valence-electron chi connectivity index (χ1n) is 12.2. The molecule has 2 N–H and O–H groups in total. The second-order valence-electron chi connectivity index (χ2n) is 9.74. The van der Waals surface area contributed by atoms with Gasteiger partial charge in [0.25, 0.3) is 0 Å². The Balaban J connectivity index is 1.40. The van der Waals surface area contributed by atoms with Crippen LogP contribution in [0, 0.1) is 11.8 Å². The van der Waals surface area contributed by atoms with E-state index in [0.717, 1.165) is 29.1 Å². The number of fused-ring (bicyclic) bond motifs is 3. The molecule has 3 aromatic carbocycles. The number of carbonyl (C=O) groups is 1. The predicted octanol–water partition coefficient (Wildman–Crippen LogP) is 7.08. The summed E-state index contributed by atoms with van der Waals surface area (Å²) in [7, 11) is 0. The number of nitrogens with one attached hydrogen (secondary N) is 2. The molecule has 0 spiro atoms. The molecule has 0 bridgehead atoms. The number of hydrogen-bond acceptors (Lipinski definition) is 3. The Labute approximate surface area is 202 Å². The van der Waals surface area contributed by atoms with Gasteiger partial charge in [-0.25, -0.2) is 0 Å². The molecule has 3 atom stereocenters. The van der Waals surface area contributed by atoms with E-state index in [2.05, 4.69) is 79.1 Å². The number of carbonyl (C=O) groups excluding carboxylic acids is 1. The number of para-hydroxylation sites is 1. The third-order valence-corrected chi connectivity index (χ3v) is 6.73. The molecule has 174 valence electrons. The molecule has 1 heterocycles. The van der Waals surface area contributed by atoms with Gasteiger partial charge in [-0.3, -0.25) is 4.79 Å². The molecule has 0 aromatic heterocycles. The molecule has 1 aliphatic carbocycles. The smallest absolute Gasteiger partial charge is 0.224 e. The van der Waals surface area contributed by atoms with E-state index in [-0.39, 0.29) is 11.9 Å². The molecule has 0 saturated carbocycles. The lowest BCUT2D eigenvalue weighted by Crippen LogP contribution is -2.29. The van der Waals surface area contributed by atoms with Gasteiger partial charge in [-0.05, 0) is 53.6 Å². The maximum absolute atomic E-state index is 12.3. The molecule has 0 saturated heterocycles. The van der Waals surface area contributed by atoms with Crippen molar-refractivity contribution in [3.05, 3.63) is 102 Å². The normalized spacial score (nSPS) is 20.4. The molecule has 0 fully saturated rings. The molecule has 3 aromatic rings. The minimum absolute atomic E-state index is 0.0691. The highest BCUT2D eigenvalue weighted by Crippen LogP contribution is 2.51. The number of rotatable bonds is 7. The van der Waals surface area contributed by atoms with Gasteiger partial charge in [0.15, 0.2) is 0 Å². The van der Waals surface area contributed by atoms with E-state index in [9.17, 15) is 4.79 Å². The number of anilines is 2. The average molecular weight is 453 g/mol. The zero-order chi connectivity index (χ0) is 23.5. The lowest BCUT2D eigenvalue weighted by molar-refractivity contribution is -0.116. The Bertz CT molecular complexity index is 1190. The minimum atomic E-state index is 0.0691. The zero-order valence-electron chi connectivity index (χ0n) is 19.8. The molecule has 34 heavy (non-hydrogen) atoms. The second-order valence-corrected chi connectivity index (χ2v) is 9.74. The van der Waals surface area contributed by atoms with E-state index in [1.807, 2.05) is 30.3 Å². The van der Waals surface area contributed by atoms with Gasteiger partial charge in [0.1, 0.15) is 12.4 Å². The first-order chi connectivity index (χ1) is 16.6. The predicted molar refractivity (Wildman–Crippen MR) is 138 cm³/mol. The fourth-order valence-corrected chi connectivity index (χ4v) is 5.17. The molecule has 1 amide bonds. The molecular weight excluding hydrogens is 420 g/mol. The minimum Gasteiger partial charge on any atom is -0.489 e. The Morgan fingerprint density at radius 1 is 1.03 bits per heavy atom. The van der Waals surface area contributed by atoms with Crippen LogP contribution < -0.4 is 15.4 Å². The Morgan fingerprint density at radius 3 is 2.65 bits per heavy atom. The number of hydrogen-bond donors (Lipinski definition) is 2. The van der Waals surface area contributed by atoms with Crippen molar-refractivity contribution in [3.8, 4) is 5.75 Å². The lowest BCUT2D eigenvalue weighted by atomic mass is 9.76. The molecule has 2 aliphatic rings. The van der Waals surface area contributed by atoms with Crippen molar-refractivity contribution in [2.75, 3.05) is 10.6 Å². The molecule has 0 radical (unpaired) electrons. The molecular formula is C30H32N2O2. The highest BCUT2D eigenvalue weighted by atomic mass is 16.5. The largest absolute Gasteiger partial charge is 0.489 e. The third-order valence-electron chi connectivity index (χ3n) is 6.73. The summed E-state index contributed by atoms with van der Waals surface area (Å²) in [5.41, 5.74) is 5.59. The van der Waals surface area contributed by atoms with Gasteiger partial charge in [0, 0.05) is 29.3 Å². The van der Waals surface area contributed by atoms with E-state index >= 15 is 0 Å². The lowest BCUT2D eigenvalue weighted by Gasteiger charge is -2.38. The van der Waals surface area contributed by atoms with Crippen LogP contribution in [-0.4, -0.2) is 5.91 Å². The third kappa shape index (κ3) is 4.72. The summed E-state index contributed by atoms with van der Waals surface area (Å²) in [6, 6.07) is 25.1. The van der Waals surface area contributed by atoms with Gasteiger partial charge in [-0.1, -0.05) is 74.5 Å². The van der Waals surface area contributed by atoms with Crippen molar-refractivity contribution in [2.45, 2.75) is 45.3 Å². The van der Waals surface area contributed by atoms with Crippen molar-refractivity contribution in [1.82, 2.24) is 0 Å². The summed E-state index contributed by atoms with van der Waals surface area (Å²) in [6.45, 7) is 4.67. The Hall–Kier alpha value is -3.53. The van der Waals surface area contributed by atoms with Crippen LogP contribution in [0.15, 0.2) is 84.9 Å². The molecule has 3 unspecified atom stereocenters. The van der Waals surface area contributed by atoms with E-state index in [4.69, 9.17) is 4.74 Å². The summed E-state index contributed by atoms with van der Waals surface area (Å²) in [4.78, 5) is 12.3. The van der Waals surface area contributed by atoms with Crippen LogP contribution in [0.5, 0.6) is 5.75 Å². The highest BCUT2D eigenvalue weighted by molar-refractivity contribution is 5.91. The van der Waals surface area contributed by atoms with Crippen LogP contribution in [0.3, 0.4) is 0 Å². The van der Waals surface area contributed by atoms with Crippen molar-refractivity contribution in [2.24, 2.45) is 11.8 Å². The summed E-state index contributed by atoms with van der Waals surface area (Å²) in [5.74, 6) is 2.04. The fraction of sp³-hybridized carbons (Fsp3) is 0.300. The topological polar surface area (TPSA) is 50.4 Å². The van der Waals surface area contributed by atoms with E-state index in [0.29, 0.717) is 30.8 Å². The second kappa shape index (κ2) is 9.76. The number of allylic oxidation sites excluding steroid dienone is 2. The SMILES string of the molecule is CC(C)CC(=O)Nc1ccc2c(c1)C1C=CCC1C(c1ccccc1OCc1ccccc1)N2. The standard InChI is InChI=1S/C30H32N2O2/c1-20(2)17-29(33)31-22-15-16-27-26(18-22)23-12-8-13-24(23)30(32-27)25-11-6-7-14-28(25)34-19-21-9-4-3-5-10-21/h3-12,14-16,18,20,23-24,30,32H,13,17,19H2,1-2H3,(H,31,33). The first-order valence-corrected chi connectivity index (χ1v) is 12.2. The van der Waals surface area contributed by atoms with Crippen LogP contribution in [-0.2, 0) is 11.4 Å². The molecule has 4 nitrogen and oxygen atoms in total. The van der Waals surface area contributed by atoms with E-state index in [1.54, 1.807) is 0 Å². The van der Waals surface area contributed by atoms with Gasteiger partial charge in [-0.15, -0.1) is 0 Å². The van der Waals surface area contributed by atoms with Crippen molar-refractivity contribution >= 4 is 17.3 Å². The molecule has 4 heteroatoms. The van der Waals surface area contributed by atoms with Gasteiger partial charge < -0.3 is 15.4 Å². The van der Waals surface area contributed by atoms with Gasteiger partial charge >= 0.3 is 0 Å². The molecule has 5 rings (SSSR count). The van der Waals surface area contributed by atoms with Crippen LogP contribution in [0.1, 0.15) is 55.3 Å². The maximum atomic E-state index is 12.3. The van der Waals surface area contributed by atoms with Crippen LogP contribution in [0.4, 0.5) is 11.4 Å². The number of ether oxygens (including phenoxy) is 1. The van der Waals surface area contributed by atoms with E-state index < -0.39 is 0 Å². The summed E-state index contributed by atoms with van der Waals surface area (Å²) < 4.78 is 6.30. The van der Waals surface area contributed by atoms with Crippen molar-refractivity contribution in [1.29, 1.82) is 0 Å². The van der Waals surface area contributed by atoms with Crippen LogP contribution >= 0.6 is 0 Å². The Kier molecular flexibility index (Phi) is 6.39. The monoisotopic (exact) mass is 452 g/mol. The Morgan fingerprint density at radius 2 is 1.82 bits per heavy atom. The summed E-state index contributed by atoms with van der Waals surface area (Å²) >= 11 is 0. The van der Waals surface area contributed by atoms with Gasteiger partial charge in [0.05, 0.1) is 6.04 Å². The fourth-order valence-electron chi connectivity index (χ4n) is 5.17. The van der Waals surface area contributed by atoms with E-state index in [1.165, 1.54) is 11.1 Å². The number of benzene rings is 3. The molecule has 1 aliphatic heterocycles. The highest BCUT2D eigenvalue weighted by Gasteiger charge is 2.39. The van der Waals surface area contributed by atoms with Gasteiger partial charge in [0.2, 0.25) is 5.91 Å². The zero-order valence-corrected chi connectivity index (χ0v) is 19.8. The average Bonchev–Trinajstić information content (AvgIpc) is 3.33. The van der Waals surface area contributed by atoms with Crippen molar-refractivity contribution in [3.63, 3.8) is 0 Å². The number of amides is 1. The van der Waals surface area contributed by atoms with Crippen molar-refractivity contribution < 1.29 is 9.53 Å². The van der Waals surface area contributed by atoms with Crippen LogP contribution in [0.25, 0.3) is 0 Å². The van der Waals surface area contributed by atoms with Gasteiger partial charge in [-0.2, -0.15) is 0 Å². The maximum Gasteiger partial charge on any atom is 0.224 e. The quantitative estimate of drug-likeness (QED) is 0.377. The summed E-state index contributed by atoms with van der Waals surface area (Å²) in [6.07, 6.45) is 6.16.